The number of nitriles is 1. The van der Waals surface area contributed by atoms with Gasteiger partial charge in [-0.1, -0.05) is 18.2 Å². The number of aromatic nitrogens is 1. The minimum atomic E-state index is -0.0852. The number of fused-ring (bicyclic) bond motifs is 2. The molecular formula is C20H17N3OS2. The lowest BCUT2D eigenvalue weighted by Gasteiger charge is -2.09. The van der Waals surface area contributed by atoms with E-state index in [9.17, 15) is 10.1 Å². The third-order valence-electron chi connectivity index (χ3n) is 4.49. The topological polar surface area (TPSA) is 65.8 Å². The molecule has 1 aromatic carbocycles. The number of carbonyl (C=O) groups is 1. The molecule has 3 aromatic rings. The molecular weight excluding hydrogens is 362 g/mol. The first-order valence-electron chi connectivity index (χ1n) is 8.57. The number of para-hydroxylation sites is 1. The molecule has 4 nitrogen and oxygen atoms in total. The number of anilines is 1. The van der Waals surface area contributed by atoms with Crippen molar-refractivity contribution >= 4 is 44.9 Å². The summed E-state index contributed by atoms with van der Waals surface area (Å²) >= 11 is 3.04. The SMILES string of the molecule is N#Cc1c(NC(=O)CSc2cccc3cccnc23)sc2c1CCCC2. The summed E-state index contributed by atoms with van der Waals surface area (Å²) in [5.41, 5.74) is 2.72. The maximum absolute atomic E-state index is 12.4. The zero-order valence-corrected chi connectivity index (χ0v) is 15.8. The van der Waals surface area contributed by atoms with Crippen molar-refractivity contribution in [2.45, 2.75) is 30.6 Å². The lowest BCUT2D eigenvalue weighted by molar-refractivity contribution is -0.113. The molecule has 2 heterocycles. The van der Waals surface area contributed by atoms with Crippen molar-refractivity contribution in [1.82, 2.24) is 4.98 Å². The van der Waals surface area contributed by atoms with Crippen molar-refractivity contribution in [3.8, 4) is 6.07 Å². The van der Waals surface area contributed by atoms with Crippen LogP contribution in [0.25, 0.3) is 10.9 Å². The molecule has 0 saturated heterocycles. The van der Waals surface area contributed by atoms with E-state index in [-0.39, 0.29) is 5.91 Å². The number of nitrogens with zero attached hydrogens (tertiary/aromatic N) is 2. The van der Waals surface area contributed by atoms with Gasteiger partial charge in [-0.05, 0) is 43.4 Å². The van der Waals surface area contributed by atoms with Gasteiger partial charge < -0.3 is 5.32 Å². The predicted octanol–water partition coefficient (Wildman–Crippen LogP) is 4.78. The summed E-state index contributed by atoms with van der Waals surface area (Å²) in [5, 5.41) is 14.2. The first-order valence-corrected chi connectivity index (χ1v) is 10.4. The molecule has 1 aliphatic carbocycles. The van der Waals surface area contributed by atoms with Crippen LogP contribution in [0.5, 0.6) is 0 Å². The smallest absolute Gasteiger partial charge is 0.235 e. The Hall–Kier alpha value is -2.36. The van der Waals surface area contributed by atoms with Gasteiger partial charge in [-0.2, -0.15) is 5.26 Å². The molecule has 6 heteroatoms. The van der Waals surface area contributed by atoms with Crippen molar-refractivity contribution in [3.63, 3.8) is 0 Å². The van der Waals surface area contributed by atoms with Gasteiger partial charge in [0.05, 0.1) is 16.8 Å². The number of amides is 1. The molecule has 1 aliphatic rings. The van der Waals surface area contributed by atoms with Gasteiger partial charge in [0.25, 0.3) is 0 Å². The maximum atomic E-state index is 12.4. The van der Waals surface area contributed by atoms with E-state index in [0.717, 1.165) is 47.0 Å². The number of thiophene rings is 1. The fourth-order valence-electron chi connectivity index (χ4n) is 3.27. The Balaban J connectivity index is 1.48. The lowest BCUT2D eigenvalue weighted by atomic mass is 9.96. The van der Waals surface area contributed by atoms with Crippen molar-refractivity contribution in [3.05, 3.63) is 52.5 Å². The highest BCUT2D eigenvalue weighted by molar-refractivity contribution is 8.00. The third kappa shape index (κ3) is 3.33. The van der Waals surface area contributed by atoms with Crippen LogP contribution in [0.4, 0.5) is 5.00 Å². The summed E-state index contributed by atoms with van der Waals surface area (Å²) in [4.78, 5) is 19.1. The molecule has 2 aromatic heterocycles. The summed E-state index contributed by atoms with van der Waals surface area (Å²) in [7, 11) is 0. The molecule has 130 valence electrons. The highest BCUT2D eigenvalue weighted by Crippen LogP contribution is 2.37. The molecule has 4 rings (SSSR count). The Morgan fingerprint density at radius 1 is 1.27 bits per heavy atom. The number of hydrogen-bond donors (Lipinski definition) is 1. The average Bonchev–Trinajstić information content (AvgIpc) is 3.03. The molecule has 0 saturated carbocycles. The van der Waals surface area contributed by atoms with Gasteiger partial charge in [-0.15, -0.1) is 23.1 Å². The van der Waals surface area contributed by atoms with E-state index in [4.69, 9.17) is 0 Å². The van der Waals surface area contributed by atoms with E-state index in [1.165, 1.54) is 16.6 Å². The highest BCUT2D eigenvalue weighted by Gasteiger charge is 2.21. The standard InChI is InChI=1S/C20H17N3OS2/c21-11-15-14-7-1-2-8-16(14)26-20(15)23-18(24)12-25-17-9-3-5-13-6-4-10-22-19(13)17/h3-6,9-10H,1-2,7-8,12H2,(H,23,24). The van der Waals surface area contributed by atoms with Crippen molar-refractivity contribution < 1.29 is 4.79 Å². The minimum absolute atomic E-state index is 0.0852. The number of carbonyl (C=O) groups excluding carboxylic acids is 1. The number of pyridine rings is 1. The van der Waals surface area contributed by atoms with Gasteiger partial charge >= 0.3 is 0 Å². The summed E-state index contributed by atoms with van der Waals surface area (Å²) in [5.74, 6) is 0.210. The summed E-state index contributed by atoms with van der Waals surface area (Å²) in [6.45, 7) is 0. The van der Waals surface area contributed by atoms with Gasteiger partial charge in [0.2, 0.25) is 5.91 Å². The van der Waals surface area contributed by atoms with Crippen molar-refractivity contribution in [2.24, 2.45) is 0 Å². The van der Waals surface area contributed by atoms with Gasteiger partial charge in [0, 0.05) is 21.4 Å². The van der Waals surface area contributed by atoms with Crippen LogP contribution in [-0.2, 0) is 17.6 Å². The van der Waals surface area contributed by atoms with Crippen LogP contribution in [0.3, 0.4) is 0 Å². The largest absolute Gasteiger partial charge is 0.316 e. The summed E-state index contributed by atoms with van der Waals surface area (Å²) in [6, 6.07) is 12.2. The number of hydrogen-bond acceptors (Lipinski definition) is 5. The van der Waals surface area contributed by atoms with E-state index in [0.29, 0.717) is 16.3 Å². The Morgan fingerprint density at radius 2 is 2.12 bits per heavy atom. The normalized spacial score (nSPS) is 13.2. The zero-order valence-electron chi connectivity index (χ0n) is 14.1. The minimum Gasteiger partial charge on any atom is -0.316 e. The summed E-state index contributed by atoms with van der Waals surface area (Å²) in [6.07, 6.45) is 6.01. The summed E-state index contributed by atoms with van der Waals surface area (Å²) < 4.78 is 0. The van der Waals surface area contributed by atoms with Gasteiger partial charge in [0.15, 0.2) is 0 Å². The first kappa shape index (κ1) is 17.1. The fourth-order valence-corrected chi connectivity index (χ4v) is 5.37. The Labute approximate surface area is 160 Å². The Kier molecular flexibility index (Phi) is 4.91. The molecule has 0 spiro atoms. The van der Waals surface area contributed by atoms with E-state index in [1.807, 2.05) is 30.3 Å². The maximum Gasteiger partial charge on any atom is 0.235 e. The molecule has 1 amide bonds. The van der Waals surface area contributed by atoms with Crippen molar-refractivity contribution in [2.75, 3.05) is 11.1 Å². The van der Waals surface area contributed by atoms with Crippen LogP contribution in [-0.4, -0.2) is 16.6 Å². The Morgan fingerprint density at radius 3 is 3.00 bits per heavy atom. The van der Waals surface area contributed by atoms with E-state index < -0.39 is 0 Å². The second kappa shape index (κ2) is 7.48. The van der Waals surface area contributed by atoms with Crippen LogP contribution >= 0.6 is 23.1 Å². The molecule has 26 heavy (non-hydrogen) atoms. The van der Waals surface area contributed by atoms with Crippen LogP contribution < -0.4 is 5.32 Å². The van der Waals surface area contributed by atoms with Gasteiger partial charge in [-0.3, -0.25) is 9.78 Å². The number of nitrogens with one attached hydrogen (secondary N) is 1. The molecule has 0 radical (unpaired) electrons. The number of benzene rings is 1. The van der Waals surface area contributed by atoms with Crippen molar-refractivity contribution in [1.29, 1.82) is 5.26 Å². The molecule has 0 bridgehead atoms. The quantitative estimate of drug-likeness (QED) is 0.663. The average molecular weight is 380 g/mol. The van der Waals surface area contributed by atoms with Crippen LogP contribution in [0, 0.1) is 11.3 Å². The monoisotopic (exact) mass is 379 g/mol. The highest BCUT2D eigenvalue weighted by atomic mass is 32.2. The number of aryl methyl sites for hydroxylation is 1. The van der Waals surface area contributed by atoms with Crippen LogP contribution in [0.2, 0.25) is 0 Å². The first-order chi connectivity index (χ1) is 12.8. The lowest BCUT2D eigenvalue weighted by Crippen LogP contribution is -2.14. The number of thioether (sulfide) groups is 1. The van der Waals surface area contributed by atoms with E-state index in [1.54, 1.807) is 17.5 Å². The molecule has 0 atom stereocenters. The van der Waals surface area contributed by atoms with E-state index in [2.05, 4.69) is 16.4 Å². The van der Waals surface area contributed by atoms with Crippen LogP contribution in [0.15, 0.2) is 41.4 Å². The predicted molar refractivity (Wildman–Crippen MR) is 107 cm³/mol. The van der Waals surface area contributed by atoms with Crippen LogP contribution in [0.1, 0.15) is 28.8 Å². The molecule has 0 aliphatic heterocycles. The zero-order chi connectivity index (χ0) is 17.9. The molecule has 0 unspecified atom stereocenters. The number of rotatable bonds is 4. The fraction of sp³-hybridized carbons (Fsp3) is 0.250. The van der Waals surface area contributed by atoms with Gasteiger partial charge in [-0.25, -0.2) is 0 Å². The second-order valence-corrected chi connectivity index (χ2v) is 8.32. The van der Waals surface area contributed by atoms with E-state index >= 15 is 0 Å². The third-order valence-corrected chi connectivity index (χ3v) is 6.74. The molecule has 0 fully saturated rings. The molecule has 1 N–H and O–H groups in total. The van der Waals surface area contributed by atoms with Gasteiger partial charge in [0.1, 0.15) is 11.1 Å². The second-order valence-electron chi connectivity index (χ2n) is 6.19. The Bertz CT molecular complexity index is 1010.